The fraction of sp³-hybridized carbons (Fsp3) is 0.250. The third kappa shape index (κ3) is 2.86. The Morgan fingerprint density at radius 1 is 1.35 bits per heavy atom. The van der Waals surface area contributed by atoms with Crippen LogP contribution in [0.15, 0.2) is 36.5 Å². The van der Waals surface area contributed by atoms with E-state index in [1.54, 1.807) is 12.3 Å². The lowest BCUT2D eigenvalue weighted by Crippen LogP contribution is -2.16. The minimum atomic E-state index is -0.491. The number of carbonyl (C=O) groups excluding carboxylic acids is 1. The molecule has 0 spiro atoms. The second-order valence-corrected chi connectivity index (χ2v) is 4.97. The molecule has 4 nitrogen and oxygen atoms in total. The number of hydrogen-bond acceptors (Lipinski definition) is 3. The van der Waals surface area contributed by atoms with Gasteiger partial charge < -0.3 is 10.8 Å². The van der Waals surface area contributed by atoms with E-state index in [4.69, 9.17) is 5.73 Å². The van der Waals surface area contributed by atoms with Crippen molar-refractivity contribution in [2.45, 2.75) is 19.8 Å². The van der Waals surface area contributed by atoms with E-state index >= 15 is 0 Å². The van der Waals surface area contributed by atoms with Gasteiger partial charge in [-0.05, 0) is 30.2 Å². The number of nitrogens with zero attached hydrogens (tertiary/aromatic N) is 1. The molecule has 1 aromatic heterocycles. The highest BCUT2D eigenvalue weighted by Gasteiger charge is 2.15. The molecule has 1 atom stereocenters. The van der Waals surface area contributed by atoms with Crippen molar-refractivity contribution in [1.82, 2.24) is 4.98 Å². The summed E-state index contributed by atoms with van der Waals surface area (Å²) < 4.78 is 0. The van der Waals surface area contributed by atoms with Gasteiger partial charge in [-0.2, -0.15) is 0 Å². The number of carbonyl (C=O) groups is 1. The van der Waals surface area contributed by atoms with Crippen LogP contribution in [-0.2, 0) is 0 Å². The summed E-state index contributed by atoms with van der Waals surface area (Å²) in [6.45, 7) is 3.80. The van der Waals surface area contributed by atoms with Crippen LogP contribution in [0, 0.1) is 6.92 Å². The SMILES string of the molecule is Cc1ccc(-c2ccc([C@H](C)CO)c(C(N)=O)c2)nc1. The summed E-state index contributed by atoms with van der Waals surface area (Å²) in [6.07, 6.45) is 1.78. The van der Waals surface area contributed by atoms with Crippen molar-refractivity contribution in [3.05, 3.63) is 53.2 Å². The highest BCUT2D eigenvalue weighted by atomic mass is 16.3. The molecule has 2 aromatic rings. The van der Waals surface area contributed by atoms with E-state index in [1.807, 2.05) is 38.1 Å². The lowest BCUT2D eigenvalue weighted by molar-refractivity contribution is 0.0998. The molecule has 1 aromatic carbocycles. The zero-order valence-electron chi connectivity index (χ0n) is 11.6. The molecule has 0 aliphatic carbocycles. The number of amides is 1. The Kier molecular flexibility index (Phi) is 4.15. The second kappa shape index (κ2) is 5.84. The Morgan fingerprint density at radius 3 is 2.65 bits per heavy atom. The number of aryl methyl sites for hydroxylation is 1. The smallest absolute Gasteiger partial charge is 0.249 e. The molecule has 3 N–H and O–H groups in total. The molecule has 20 heavy (non-hydrogen) atoms. The molecule has 4 heteroatoms. The third-order valence-corrected chi connectivity index (χ3v) is 3.33. The first-order chi connectivity index (χ1) is 9.52. The maximum absolute atomic E-state index is 11.6. The number of benzene rings is 1. The number of hydrogen-bond donors (Lipinski definition) is 2. The lowest BCUT2D eigenvalue weighted by Gasteiger charge is -2.14. The monoisotopic (exact) mass is 270 g/mol. The van der Waals surface area contributed by atoms with E-state index in [0.29, 0.717) is 5.56 Å². The van der Waals surface area contributed by atoms with Crippen LogP contribution in [0.1, 0.15) is 34.3 Å². The van der Waals surface area contributed by atoms with E-state index in [2.05, 4.69) is 4.98 Å². The summed E-state index contributed by atoms with van der Waals surface area (Å²) in [5.74, 6) is -0.619. The fourth-order valence-electron chi connectivity index (χ4n) is 2.10. The van der Waals surface area contributed by atoms with E-state index in [1.165, 1.54) is 0 Å². The minimum Gasteiger partial charge on any atom is -0.396 e. The topological polar surface area (TPSA) is 76.2 Å². The van der Waals surface area contributed by atoms with Crippen molar-refractivity contribution in [2.75, 3.05) is 6.61 Å². The highest BCUT2D eigenvalue weighted by molar-refractivity contribution is 5.95. The molecule has 1 amide bonds. The minimum absolute atomic E-state index is 0.0254. The van der Waals surface area contributed by atoms with Gasteiger partial charge >= 0.3 is 0 Å². The number of nitrogens with two attached hydrogens (primary N) is 1. The van der Waals surface area contributed by atoms with Crippen LogP contribution in [0.2, 0.25) is 0 Å². The standard InChI is InChI=1S/C16H18N2O2/c1-10-3-6-15(18-8-10)12-4-5-13(11(2)9-19)14(7-12)16(17)20/h3-8,11,19H,9H2,1-2H3,(H2,17,20)/t11-/m1/s1. The quantitative estimate of drug-likeness (QED) is 0.894. The Morgan fingerprint density at radius 2 is 2.10 bits per heavy atom. The lowest BCUT2D eigenvalue weighted by atomic mass is 9.93. The first kappa shape index (κ1) is 14.2. The van der Waals surface area contributed by atoms with Gasteiger partial charge in [0.1, 0.15) is 0 Å². The molecule has 0 saturated carbocycles. The summed E-state index contributed by atoms with van der Waals surface area (Å²) in [7, 11) is 0. The Bertz CT molecular complexity index is 621. The van der Waals surface area contributed by atoms with Crippen molar-refractivity contribution in [3.8, 4) is 11.3 Å². The van der Waals surface area contributed by atoms with Gasteiger partial charge in [0.2, 0.25) is 5.91 Å². The average Bonchev–Trinajstić information content (AvgIpc) is 2.46. The number of aliphatic hydroxyl groups is 1. The van der Waals surface area contributed by atoms with E-state index in [9.17, 15) is 9.90 Å². The van der Waals surface area contributed by atoms with Crippen LogP contribution in [-0.4, -0.2) is 22.6 Å². The van der Waals surface area contributed by atoms with Crippen LogP contribution in [0.4, 0.5) is 0 Å². The van der Waals surface area contributed by atoms with Crippen LogP contribution < -0.4 is 5.73 Å². The van der Waals surface area contributed by atoms with E-state index in [0.717, 1.165) is 22.4 Å². The maximum atomic E-state index is 11.6. The van der Waals surface area contributed by atoms with Gasteiger partial charge in [0.15, 0.2) is 0 Å². The van der Waals surface area contributed by atoms with Crippen LogP contribution in [0.5, 0.6) is 0 Å². The average molecular weight is 270 g/mol. The van der Waals surface area contributed by atoms with Crippen LogP contribution >= 0.6 is 0 Å². The summed E-state index contributed by atoms with van der Waals surface area (Å²) in [4.78, 5) is 15.9. The van der Waals surface area contributed by atoms with E-state index < -0.39 is 5.91 Å². The first-order valence-electron chi connectivity index (χ1n) is 6.50. The molecular formula is C16H18N2O2. The number of aromatic nitrogens is 1. The zero-order chi connectivity index (χ0) is 14.7. The van der Waals surface area contributed by atoms with Gasteiger partial charge in [-0.1, -0.05) is 25.1 Å². The Labute approximate surface area is 118 Å². The van der Waals surface area contributed by atoms with Crippen molar-refractivity contribution >= 4 is 5.91 Å². The molecule has 0 unspecified atom stereocenters. The molecule has 0 aliphatic rings. The van der Waals surface area contributed by atoms with Crippen molar-refractivity contribution < 1.29 is 9.90 Å². The fourth-order valence-corrected chi connectivity index (χ4v) is 2.10. The van der Waals surface area contributed by atoms with Gasteiger partial charge in [0, 0.05) is 29.8 Å². The molecule has 1 heterocycles. The number of pyridine rings is 1. The Hall–Kier alpha value is -2.20. The van der Waals surface area contributed by atoms with Gasteiger partial charge in [-0.15, -0.1) is 0 Å². The zero-order valence-corrected chi connectivity index (χ0v) is 11.6. The highest BCUT2D eigenvalue weighted by Crippen LogP contribution is 2.25. The third-order valence-electron chi connectivity index (χ3n) is 3.33. The summed E-state index contributed by atoms with van der Waals surface area (Å²) in [5.41, 5.74) is 9.35. The molecular weight excluding hydrogens is 252 g/mol. The number of rotatable bonds is 4. The molecule has 104 valence electrons. The normalized spacial score (nSPS) is 12.2. The van der Waals surface area contributed by atoms with Crippen molar-refractivity contribution in [3.63, 3.8) is 0 Å². The van der Waals surface area contributed by atoms with Crippen molar-refractivity contribution in [2.24, 2.45) is 5.73 Å². The van der Waals surface area contributed by atoms with Crippen LogP contribution in [0.3, 0.4) is 0 Å². The maximum Gasteiger partial charge on any atom is 0.249 e. The van der Waals surface area contributed by atoms with Gasteiger partial charge in [0.05, 0.1) is 5.69 Å². The predicted octanol–water partition coefficient (Wildman–Crippen LogP) is 2.25. The molecule has 0 saturated heterocycles. The summed E-state index contributed by atoms with van der Waals surface area (Å²) in [6, 6.07) is 9.34. The van der Waals surface area contributed by atoms with Gasteiger partial charge in [-0.25, -0.2) is 0 Å². The molecule has 0 radical (unpaired) electrons. The predicted molar refractivity (Wildman–Crippen MR) is 78.4 cm³/mol. The summed E-state index contributed by atoms with van der Waals surface area (Å²) in [5, 5.41) is 9.25. The summed E-state index contributed by atoms with van der Waals surface area (Å²) >= 11 is 0. The number of aliphatic hydroxyl groups excluding tert-OH is 1. The second-order valence-electron chi connectivity index (χ2n) is 4.97. The molecule has 0 aliphatic heterocycles. The van der Waals surface area contributed by atoms with E-state index in [-0.39, 0.29) is 12.5 Å². The molecule has 2 rings (SSSR count). The largest absolute Gasteiger partial charge is 0.396 e. The van der Waals surface area contributed by atoms with Gasteiger partial charge in [-0.3, -0.25) is 9.78 Å². The van der Waals surface area contributed by atoms with Crippen molar-refractivity contribution in [1.29, 1.82) is 0 Å². The van der Waals surface area contributed by atoms with Gasteiger partial charge in [0.25, 0.3) is 0 Å². The Balaban J connectivity index is 2.50. The molecule has 0 fully saturated rings. The first-order valence-corrected chi connectivity index (χ1v) is 6.50. The number of primary amides is 1. The molecule has 0 bridgehead atoms. The van der Waals surface area contributed by atoms with Crippen LogP contribution in [0.25, 0.3) is 11.3 Å².